The summed E-state index contributed by atoms with van der Waals surface area (Å²) in [7, 11) is 0. The highest BCUT2D eigenvalue weighted by molar-refractivity contribution is 5.70. The van der Waals surface area contributed by atoms with Crippen LogP contribution in [0.15, 0.2) is 0 Å². The number of carbonyl (C=O) groups excluding carboxylic acids is 2. The fraction of sp³-hybridized carbons (Fsp3) is 0.917. The van der Waals surface area contributed by atoms with E-state index >= 15 is 0 Å². The molecule has 0 bridgehead atoms. The lowest BCUT2D eigenvalue weighted by Gasteiger charge is -2.15. The maximum atomic E-state index is 11.8. The number of hydrogen-bond acceptors (Lipinski definition) is 4. The first-order valence-corrected chi connectivity index (χ1v) is 11.9. The Morgan fingerprint density at radius 3 is 1.54 bits per heavy atom. The van der Waals surface area contributed by atoms with Crippen molar-refractivity contribution >= 4 is 11.9 Å². The summed E-state index contributed by atoms with van der Waals surface area (Å²) in [5.74, 6) is 1.06. The van der Waals surface area contributed by atoms with Crippen molar-refractivity contribution < 1.29 is 19.1 Å². The predicted molar refractivity (Wildman–Crippen MR) is 116 cm³/mol. The van der Waals surface area contributed by atoms with Crippen LogP contribution in [0.25, 0.3) is 0 Å². The topological polar surface area (TPSA) is 52.6 Å². The van der Waals surface area contributed by atoms with Crippen LogP contribution in [0.5, 0.6) is 0 Å². The molecule has 0 aromatic rings. The van der Waals surface area contributed by atoms with Crippen LogP contribution in [0.1, 0.15) is 118 Å². The molecule has 4 nitrogen and oxygen atoms in total. The molecule has 28 heavy (non-hydrogen) atoms. The standard InChI is InChI=1S/C24H46O4/c1-5-9-14-21(8-4)17-19-27-23(25)15-10-11-16-24(26)28-20-18-22(12-6-2)13-7-3/h21-22H,5-20H2,1-4H3/t21-/m0/s1. The normalized spacial score (nSPS) is 12.2. The highest BCUT2D eigenvalue weighted by Crippen LogP contribution is 2.18. The van der Waals surface area contributed by atoms with Crippen LogP contribution in [0.2, 0.25) is 0 Å². The number of esters is 2. The molecule has 0 N–H and O–H groups in total. The minimum Gasteiger partial charge on any atom is -0.466 e. The highest BCUT2D eigenvalue weighted by atomic mass is 16.5. The molecule has 0 unspecified atom stereocenters. The van der Waals surface area contributed by atoms with Gasteiger partial charge in [0, 0.05) is 12.8 Å². The number of ether oxygens (including phenoxy) is 2. The summed E-state index contributed by atoms with van der Waals surface area (Å²) < 4.78 is 10.7. The van der Waals surface area contributed by atoms with E-state index < -0.39 is 0 Å². The van der Waals surface area contributed by atoms with E-state index in [4.69, 9.17) is 9.47 Å². The Morgan fingerprint density at radius 2 is 1.11 bits per heavy atom. The molecular formula is C24H46O4. The molecule has 4 heteroatoms. The van der Waals surface area contributed by atoms with E-state index in [0.29, 0.717) is 50.7 Å². The zero-order chi connectivity index (χ0) is 21.0. The summed E-state index contributed by atoms with van der Waals surface area (Å²) in [5, 5.41) is 0. The molecule has 1 atom stereocenters. The fourth-order valence-electron chi connectivity index (χ4n) is 3.66. The maximum absolute atomic E-state index is 11.8. The molecule has 0 amide bonds. The average molecular weight is 399 g/mol. The molecule has 0 spiro atoms. The van der Waals surface area contributed by atoms with Gasteiger partial charge < -0.3 is 9.47 Å². The van der Waals surface area contributed by atoms with Gasteiger partial charge in [-0.1, -0.05) is 79.1 Å². The Hall–Kier alpha value is -1.06. The number of carbonyl (C=O) groups is 2. The van der Waals surface area contributed by atoms with E-state index in [0.717, 1.165) is 19.3 Å². The van der Waals surface area contributed by atoms with Crippen LogP contribution in [0, 0.1) is 11.8 Å². The SMILES string of the molecule is CCCC[C@H](CC)CCOC(=O)CCCCC(=O)OCCC(CCC)CCC. The summed E-state index contributed by atoms with van der Waals surface area (Å²) in [6.45, 7) is 9.87. The number of rotatable bonds is 19. The lowest BCUT2D eigenvalue weighted by atomic mass is 9.95. The van der Waals surface area contributed by atoms with Gasteiger partial charge >= 0.3 is 11.9 Å². The van der Waals surface area contributed by atoms with Crippen LogP contribution in [0.4, 0.5) is 0 Å². The molecule has 0 heterocycles. The Labute approximate surface area is 174 Å². The third-order valence-electron chi connectivity index (χ3n) is 5.53. The maximum Gasteiger partial charge on any atom is 0.305 e. The lowest BCUT2D eigenvalue weighted by molar-refractivity contribution is -0.146. The van der Waals surface area contributed by atoms with E-state index in [1.54, 1.807) is 0 Å². The second kappa shape index (κ2) is 19.3. The van der Waals surface area contributed by atoms with Crippen LogP contribution in [-0.4, -0.2) is 25.2 Å². The van der Waals surface area contributed by atoms with Crippen LogP contribution in [-0.2, 0) is 19.1 Å². The summed E-state index contributed by atoms with van der Waals surface area (Å²) in [6.07, 6.45) is 13.8. The van der Waals surface area contributed by atoms with Gasteiger partial charge in [0.1, 0.15) is 0 Å². The third-order valence-corrected chi connectivity index (χ3v) is 5.53. The Bertz CT molecular complexity index is 375. The first-order chi connectivity index (χ1) is 13.6. The van der Waals surface area contributed by atoms with Gasteiger partial charge in [-0.2, -0.15) is 0 Å². The van der Waals surface area contributed by atoms with Gasteiger partial charge in [0.25, 0.3) is 0 Å². The van der Waals surface area contributed by atoms with Gasteiger partial charge in [-0.25, -0.2) is 0 Å². The molecule has 0 aromatic heterocycles. The lowest BCUT2D eigenvalue weighted by Crippen LogP contribution is -2.11. The van der Waals surface area contributed by atoms with Gasteiger partial charge in [-0.15, -0.1) is 0 Å². The second-order valence-corrected chi connectivity index (χ2v) is 8.09. The van der Waals surface area contributed by atoms with Gasteiger partial charge in [0.15, 0.2) is 0 Å². The van der Waals surface area contributed by atoms with Crippen molar-refractivity contribution in [3.05, 3.63) is 0 Å². The van der Waals surface area contributed by atoms with Gasteiger partial charge in [0.05, 0.1) is 13.2 Å². The van der Waals surface area contributed by atoms with E-state index in [9.17, 15) is 9.59 Å². The molecule has 0 aliphatic heterocycles. The predicted octanol–water partition coefficient (Wildman–Crippen LogP) is 6.85. The van der Waals surface area contributed by atoms with Gasteiger partial charge in [-0.05, 0) is 37.5 Å². The molecule has 0 saturated heterocycles. The summed E-state index contributed by atoms with van der Waals surface area (Å²) in [4.78, 5) is 23.6. The van der Waals surface area contributed by atoms with E-state index in [1.807, 2.05) is 0 Å². The molecule has 0 fully saturated rings. The molecule has 0 aliphatic carbocycles. The fourth-order valence-corrected chi connectivity index (χ4v) is 3.66. The Balaban J connectivity index is 3.68. The van der Waals surface area contributed by atoms with Crippen LogP contribution < -0.4 is 0 Å². The van der Waals surface area contributed by atoms with Crippen molar-refractivity contribution in [1.82, 2.24) is 0 Å². The molecule has 0 aromatic carbocycles. The Kier molecular flexibility index (Phi) is 18.5. The van der Waals surface area contributed by atoms with Crippen LogP contribution in [0.3, 0.4) is 0 Å². The molecule has 0 radical (unpaired) electrons. The van der Waals surface area contributed by atoms with Crippen molar-refractivity contribution in [1.29, 1.82) is 0 Å². The summed E-state index contributed by atoms with van der Waals surface area (Å²) in [6, 6.07) is 0. The minimum absolute atomic E-state index is 0.137. The zero-order valence-corrected chi connectivity index (χ0v) is 19.1. The highest BCUT2D eigenvalue weighted by Gasteiger charge is 2.11. The smallest absolute Gasteiger partial charge is 0.305 e. The largest absolute Gasteiger partial charge is 0.466 e. The molecular weight excluding hydrogens is 352 g/mol. The molecule has 0 rings (SSSR count). The van der Waals surface area contributed by atoms with Crippen LogP contribution >= 0.6 is 0 Å². The number of unbranched alkanes of at least 4 members (excludes halogenated alkanes) is 2. The van der Waals surface area contributed by atoms with Crippen molar-refractivity contribution in [2.24, 2.45) is 11.8 Å². The van der Waals surface area contributed by atoms with E-state index in [1.165, 1.54) is 44.9 Å². The summed E-state index contributed by atoms with van der Waals surface area (Å²) in [5.41, 5.74) is 0. The van der Waals surface area contributed by atoms with Crippen molar-refractivity contribution in [2.45, 2.75) is 118 Å². The van der Waals surface area contributed by atoms with E-state index in [-0.39, 0.29) is 11.9 Å². The van der Waals surface area contributed by atoms with Crippen molar-refractivity contribution in [3.8, 4) is 0 Å². The van der Waals surface area contributed by atoms with E-state index in [2.05, 4.69) is 27.7 Å². The molecule has 0 aliphatic rings. The summed E-state index contributed by atoms with van der Waals surface area (Å²) >= 11 is 0. The average Bonchev–Trinajstić information content (AvgIpc) is 2.68. The zero-order valence-electron chi connectivity index (χ0n) is 19.1. The Morgan fingerprint density at radius 1 is 0.607 bits per heavy atom. The second-order valence-electron chi connectivity index (χ2n) is 8.09. The van der Waals surface area contributed by atoms with Gasteiger partial charge in [-0.3, -0.25) is 9.59 Å². The third kappa shape index (κ3) is 15.9. The minimum atomic E-state index is -0.138. The van der Waals surface area contributed by atoms with Gasteiger partial charge in [0.2, 0.25) is 0 Å². The quantitative estimate of drug-likeness (QED) is 0.176. The van der Waals surface area contributed by atoms with Crippen molar-refractivity contribution in [3.63, 3.8) is 0 Å². The number of hydrogen-bond donors (Lipinski definition) is 0. The van der Waals surface area contributed by atoms with Crippen molar-refractivity contribution in [2.75, 3.05) is 13.2 Å². The molecule has 166 valence electrons. The first kappa shape index (κ1) is 26.9. The molecule has 0 saturated carbocycles. The monoisotopic (exact) mass is 398 g/mol. The first-order valence-electron chi connectivity index (χ1n) is 11.9.